The first-order chi connectivity index (χ1) is 12.4. The molecule has 1 N–H and O–H groups in total. The van der Waals surface area contributed by atoms with Crippen molar-refractivity contribution in [2.75, 3.05) is 13.1 Å². The van der Waals surface area contributed by atoms with Crippen molar-refractivity contribution < 1.29 is 13.2 Å². The highest BCUT2D eigenvalue weighted by Crippen LogP contribution is 2.37. The van der Waals surface area contributed by atoms with Crippen molar-refractivity contribution in [1.82, 2.24) is 9.62 Å². The predicted molar refractivity (Wildman–Crippen MR) is 102 cm³/mol. The molecule has 2 atom stereocenters. The molecule has 2 fully saturated rings. The molecule has 2 aliphatic rings. The summed E-state index contributed by atoms with van der Waals surface area (Å²) in [7, 11) is -3.52. The first kappa shape index (κ1) is 19.4. The molecule has 0 unspecified atom stereocenters. The Hall–Kier alpha value is -1.40. The first-order valence-electron chi connectivity index (χ1n) is 9.72. The number of nitrogens with one attached hydrogen (secondary N) is 1. The van der Waals surface area contributed by atoms with Crippen LogP contribution < -0.4 is 5.32 Å². The summed E-state index contributed by atoms with van der Waals surface area (Å²) in [5.41, 5.74) is 1.04. The molecule has 144 valence electrons. The molecule has 0 aromatic heterocycles. The lowest BCUT2D eigenvalue weighted by Crippen LogP contribution is -2.55. The Balaban J connectivity index is 1.78. The topological polar surface area (TPSA) is 66.5 Å². The van der Waals surface area contributed by atoms with Crippen molar-refractivity contribution in [3.8, 4) is 0 Å². The fourth-order valence-electron chi connectivity index (χ4n) is 4.56. The minimum absolute atomic E-state index is 0.0783. The lowest BCUT2D eigenvalue weighted by molar-refractivity contribution is -0.120. The number of benzene rings is 1. The third kappa shape index (κ3) is 4.29. The van der Waals surface area contributed by atoms with Crippen LogP contribution in [0.1, 0.15) is 51.0 Å². The van der Waals surface area contributed by atoms with Crippen LogP contribution >= 0.6 is 0 Å². The van der Waals surface area contributed by atoms with Gasteiger partial charge in [0.25, 0.3) is 0 Å². The Bertz CT molecular complexity index is 724. The summed E-state index contributed by atoms with van der Waals surface area (Å²) < 4.78 is 27.6. The SMILES string of the molecule is CC(=O)N[C@H]1CN(S(=O)(=O)c2ccc(C)cc2)CC[C@H]1C1CCCCC1. The molecule has 1 aromatic rings. The van der Waals surface area contributed by atoms with E-state index in [1.165, 1.54) is 39.0 Å². The molecule has 26 heavy (non-hydrogen) atoms. The van der Waals surface area contributed by atoms with E-state index in [9.17, 15) is 13.2 Å². The van der Waals surface area contributed by atoms with Crippen molar-refractivity contribution >= 4 is 15.9 Å². The van der Waals surface area contributed by atoms with Gasteiger partial charge in [0.1, 0.15) is 0 Å². The van der Waals surface area contributed by atoms with Gasteiger partial charge in [0.2, 0.25) is 15.9 Å². The number of aryl methyl sites for hydroxylation is 1. The Kier molecular flexibility index (Phi) is 6.03. The van der Waals surface area contributed by atoms with Crippen molar-refractivity contribution in [3.05, 3.63) is 29.8 Å². The van der Waals surface area contributed by atoms with E-state index in [2.05, 4.69) is 5.32 Å². The zero-order valence-electron chi connectivity index (χ0n) is 15.8. The Morgan fingerprint density at radius 3 is 2.35 bits per heavy atom. The van der Waals surface area contributed by atoms with Gasteiger partial charge in [0.15, 0.2) is 0 Å². The van der Waals surface area contributed by atoms with E-state index < -0.39 is 10.0 Å². The summed E-state index contributed by atoms with van der Waals surface area (Å²) in [6.07, 6.45) is 7.01. The summed E-state index contributed by atoms with van der Waals surface area (Å²) in [4.78, 5) is 12.1. The van der Waals surface area contributed by atoms with Gasteiger partial charge in [-0.2, -0.15) is 4.31 Å². The van der Waals surface area contributed by atoms with Gasteiger partial charge in [-0.3, -0.25) is 4.79 Å². The zero-order chi connectivity index (χ0) is 18.7. The maximum Gasteiger partial charge on any atom is 0.243 e. The van der Waals surface area contributed by atoms with E-state index in [1.807, 2.05) is 19.1 Å². The van der Waals surface area contributed by atoms with Crippen LogP contribution in [0.2, 0.25) is 0 Å². The van der Waals surface area contributed by atoms with Crippen LogP contribution in [0.15, 0.2) is 29.2 Å². The van der Waals surface area contributed by atoms with Crippen LogP contribution in [0.5, 0.6) is 0 Å². The van der Waals surface area contributed by atoms with Gasteiger partial charge in [-0.15, -0.1) is 0 Å². The lowest BCUT2D eigenvalue weighted by Gasteiger charge is -2.42. The molecule has 0 radical (unpaired) electrons. The van der Waals surface area contributed by atoms with Gasteiger partial charge in [-0.05, 0) is 37.3 Å². The van der Waals surface area contributed by atoms with E-state index in [0.29, 0.717) is 29.8 Å². The number of rotatable bonds is 4. The molecule has 1 saturated heterocycles. The van der Waals surface area contributed by atoms with Crippen molar-refractivity contribution in [1.29, 1.82) is 0 Å². The van der Waals surface area contributed by atoms with E-state index in [4.69, 9.17) is 0 Å². The van der Waals surface area contributed by atoms with Gasteiger partial charge < -0.3 is 5.32 Å². The summed E-state index contributed by atoms with van der Waals surface area (Å²) in [5, 5.41) is 3.05. The second kappa shape index (κ2) is 8.09. The zero-order valence-corrected chi connectivity index (χ0v) is 16.6. The molecule has 3 rings (SSSR count). The van der Waals surface area contributed by atoms with Gasteiger partial charge in [-0.1, -0.05) is 49.8 Å². The van der Waals surface area contributed by atoms with Crippen molar-refractivity contribution in [2.24, 2.45) is 11.8 Å². The molecule has 1 aliphatic carbocycles. The van der Waals surface area contributed by atoms with Crippen LogP contribution in [0.4, 0.5) is 0 Å². The Morgan fingerprint density at radius 2 is 1.73 bits per heavy atom. The fourth-order valence-corrected chi connectivity index (χ4v) is 6.04. The second-order valence-electron chi connectivity index (χ2n) is 7.83. The number of hydrogen-bond acceptors (Lipinski definition) is 3. The largest absolute Gasteiger partial charge is 0.352 e. The Morgan fingerprint density at radius 1 is 1.08 bits per heavy atom. The predicted octanol–water partition coefficient (Wildman–Crippen LogP) is 3.09. The quantitative estimate of drug-likeness (QED) is 0.875. The van der Waals surface area contributed by atoms with E-state index in [0.717, 1.165) is 12.0 Å². The summed E-state index contributed by atoms with van der Waals surface area (Å²) in [6.45, 7) is 4.37. The monoisotopic (exact) mass is 378 g/mol. The molecule has 1 aliphatic heterocycles. The molecule has 0 spiro atoms. The number of nitrogens with zero attached hydrogens (tertiary/aromatic N) is 1. The van der Waals surface area contributed by atoms with E-state index >= 15 is 0 Å². The van der Waals surface area contributed by atoms with Crippen LogP contribution in [0.3, 0.4) is 0 Å². The number of carbonyl (C=O) groups excluding carboxylic acids is 1. The van der Waals surface area contributed by atoms with E-state index in [-0.39, 0.29) is 11.9 Å². The minimum Gasteiger partial charge on any atom is -0.352 e. The minimum atomic E-state index is -3.52. The van der Waals surface area contributed by atoms with Gasteiger partial charge >= 0.3 is 0 Å². The summed E-state index contributed by atoms with van der Waals surface area (Å²) >= 11 is 0. The van der Waals surface area contributed by atoms with Crippen molar-refractivity contribution in [2.45, 2.75) is 63.3 Å². The summed E-state index contributed by atoms with van der Waals surface area (Å²) in [5.74, 6) is 0.902. The highest BCUT2D eigenvalue weighted by atomic mass is 32.2. The lowest BCUT2D eigenvalue weighted by atomic mass is 9.74. The van der Waals surface area contributed by atoms with Gasteiger partial charge in [0.05, 0.1) is 4.90 Å². The standard InChI is InChI=1S/C20H30N2O3S/c1-15-8-10-18(11-9-15)26(24,25)22-13-12-19(17-6-4-3-5-7-17)20(14-22)21-16(2)23/h8-11,17,19-20H,3-7,12-14H2,1-2H3,(H,21,23)/t19-,20-/m0/s1. The maximum atomic E-state index is 13.0. The number of hydrogen-bond donors (Lipinski definition) is 1. The molecule has 1 heterocycles. The third-order valence-corrected chi connectivity index (χ3v) is 7.81. The smallest absolute Gasteiger partial charge is 0.243 e. The molecule has 6 heteroatoms. The number of piperidine rings is 1. The van der Waals surface area contributed by atoms with Gasteiger partial charge in [-0.25, -0.2) is 8.42 Å². The molecule has 5 nitrogen and oxygen atoms in total. The second-order valence-corrected chi connectivity index (χ2v) is 9.77. The average Bonchev–Trinajstić information content (AvgIpc) is 2.62. The molecule has 0 bridgehead atoms. The maximum absolute atomic E-state index is 13.0. The van der Waals surface area contributed by atoms with Crippen LogP contribution in [0, 0.1) is 18.8 Å². The van der Waals surface area contributed by atoms with Crippen LogP contribution in [-0.2, 0) is 14.8 Å². The van der Waals surface area contributed by atoms with Gasteiger partial charge in [0, 0.05) is 26.1 Å². The molecular weight excluding hydrogens is 348 g/mol. The fraction of sp³-hybridized carbons (Fsp3) is 0.650. The Labute approximate surface area is 157 Å². The molecule has 1 saturated carbocycles. The van der Waals surface area contributed by atoms with Crippen LogP contribution in [0.25, 0.3) is 0 Å². The first-order valence-corrected chi connectivity index (χ1v) is 11.2. The highest BCUT2D eigenvalue weighted by molar-refractivity contribution is 7.89. The molecule has 1 aromatic carbocycles. The number of amides is 1. The normalized spacial score (nSPS) is 25.8. The van der Waals surface area contributed by atoms with Crippen LogP contribution in [-0.4, -0.2) is 37.8 Å². The van der Waals surface area contributed by atoms with E-state index in [1.54, 1.807) is 16.4 Å². The summed E-state index contributed by atoms with van der Waals surface area (Å²) in [6, 6.07) is 6.90. The third-order valence-electron chi connectivity index (χ3n) is 5.93. The highest BCUT2D eigenvalue weighted by Gasteiger charge is 2.39. The van der Waals surface area contributed by atoms with Crippen molar-refractivity contribution in [3.63, 3.8) is 0 Å². The average molecular weight is 379 g/mol. The molecule has 1 amide bonds. The number of sulfonamides is 1. The number of carbonyl (C=O) groups is 1. The molecular formula is C20H30N2O3S.